The first kappa shape index (κ1) is 14.4. The van der Waals surface area contributed by atoms with Gasteiger partial charge in [0, 0.05) is 16.6 Å². The first-order chi connectivity index (χ1) is 10.4. The van der Waals surface area contributed by atoms with Gasteiger partial charge in [-0.3, -0.25) is 4.55 Å². The maximum Gasteiger partial charge on any atom is 0.294 e. The van der Waals surface area contributed by atoms with E-state index in [0.717, 1.165) is 5.56 Å². The smallest absolute Gasteiger partial charge is 0.294 e. The van der Waals surface area contributed by atoms with Crippen LogP contribution in [-0.4, -0.2) is 18.1 Å². The number of phenols is 1. The summed E-state index contributed by atoms with van der Waals surface area (Å²) in [5.74, 6) is 0.148. The van der Waals surface area contributed by atoms with Gasteiger partial charge in [-0.15, -0.1) is 0 Å². The van der Waals surface area contributed by atoms with Crippen LogP contribution in [0.1, 0.15) is 0 Å². The van der Waals surface area contributed by atoms with E-state index in [0.29, 0.717) is 16.3 Å². The average molecular weight is 315 g/mol. The van der Waals surface area contributed by atoms with Crippen LogP contribution in [0.25, 0.3) is 21.9 Å². The van der Waals surface area contributed by atoms with E-state index in [1.807, 2.05) is 6.07 Å². The summed E-state index contributed by atoms with van der Waals surface area (Å²) in [5, 5.41) is 11.1. The fourth-order valence-corrected chi connectivity index (χ4v) is 2.94. The standard InChI is InChI=1S/C16H13NO4S/c17-15-9-12(22(19,20)21)7-10-5-6-11(8-14(10)15)13-3-1-2-4-16(13)18/h1-9,18H,17H2,(H,19,20,21). The molecule has 0 spiro atoms. The molecule has 3 aromatic carbocycles. The zero-order valence-electron chi connectivity index (χ0n) is 11.4. The fourth-order valence-electron chi connectivity index (χ4n) is 2.39. The Balaban J connectivity index is 2.24. The zero-order chi connectivity index (χ0) is 15.9. The molecule has 0 heterocycles. The van der Waals surface area contributed by atoms with Crippen LogP contribution < -0.4 is 5.73 Å². The predicted molar refractivity (Wildman–Crippen MR) is 85.3 cm³/mol. The Labute approximate surface area is 127 Å². The second-order valence-electron chi connectivity index (χ2n) is 4.94. The summed E-state index contributed by atoms with van der Waals surface area (Å²) in [6.07, 6.45) is 0. The van der Waals surface area contributed by atoms with Crippen molar-refractivity contribution in [1.82, 2.24) is 0 Å². The van der Waals surface area contributed by atoms with Gasteiger partial charge in [0.25, 0.3) is 10.1 Å². The molecule has 0 aliphatic heterocycles. The number of para-hydroxylation sites is 1. The van der Waals surface area contributed by atoms with E-state index < -0.39 is 10.1 Å². The van der Waals surface area contributed by atoms with Crippen molar-refractivity contribution in [2.75, 3.05) is 5.73 Å². The highest BCUT2D eigenvalue weighted by atomic mass is 32.2. The zero-order valence-corrected chi connectivity index (χ0v) is 12.2. The van der Waals surface area contributed by atoms with Gasteiger partial charge in [-0.1, -0.05) is 30.3 Å². The molecule has 0 aliphatic rings. The van der Waals surface area contributed by atoms with Crippen LogP contribution in [0.5, 0.6) is 5.75 Å². The molecular weight excluding hydrogens is 302 g/mol. The van der Waals surface area contributed by atoms with Crippen LogP contribution in [0.15, 0.2) is 59.5 Å². The Bertz CT molecular complexity index is 981. The Morgan fingerprint density at radius 1 is 0.955 bits per heavy atom. The molecule has 4 N–H and O–H groups in total. The summed E-state index contributed by atoms with van der Waals surface area (Å²) in [4.78, 5) is -0.243. The first-order valence-electron chi connectivity index (χ1n) is 6.45. The van der Waals surface area contributed by atoms with Crippen LogP contribution in [-0.2, 0) is 10.1 Å². The lowest BCUT2D eigenvalue weighted by molar-refractivity contribution is 0.477. The Morgan fingerprint density at radius 3 is 2.36 bits per heavy atom. The van der Waals surface area contributed by atoms with Gasteiger partial charge in [-0.2, -0.15) is 8.42 Å². The van der Waals surface area contributed by atoms with Crippen LogP contribution in [0.4, 0.5) is 5.69 Å². The number of rotatable bonds is 2. The summed E-state index contributed by atoms with van der Waals surface area (Å²) in [6.45, 7) is 0. The molecule has 3 aromatic rings. The Kier molecular flexibility index (Phi) is 3.27. The van der Waals surface area contributed by atoms with Gasteiger partial charge in [0.2, 0.25) is 0 Å². The predicted octanol–water partition coefficient (Wildman–Crippen LogP) is 3.04. The van der Waals surface area contributed by atoms with Crippen molar-refractivity contribution in [3.63, 3.8) is 0 Å². The molecule has 0 amide bonds. The number of nitrogen functional groups attached to an aromatic ring is 1. The summed E-state index contributed by atoms with van der Waals surface area (Å²) in [7, 11) is -4.31. The minimum absolute atomic E-state index is 0.148. The molecule has 5 nitrogen and oxygen atoms in total. The monoisotopic (exact) mass is 315 g/mol. The lowest BCUT2D eigenvalue weighted by Crippen LogP contribution is -2.00. The minimum Gasteiger partial charge on any atom is -0.507 e. The molecule has 0 aromatic heterocycles. The maximum atomic E-state index is 11.2. The SMILES string of the molecule is Nc1cc(S(=O)(=O)O)cc2ccc(-c3ccccc3O)cc12. The molecule has 0 unspecified atom stereocenters. The van der Waals surface area contributed by atoms with Crippen molar-refractivity contribution in [3.8, 4) is 16.9 Å². The minimum atomic E-state index is -4.31. The van der Waals surface area contributed by atoms with Gasteiger partial charge < -0.3 is 10.8 Å². The molecule has 0 fully saturated rings. The van der Waals surface area contributed by atoms with Gasteiger partial charge in [0.15, 0.2) is 0 Å². The molecule has 6 heteroatoms. The van der Waals surface area contributed by atoms with Crippen molar-refractivity contribution in [2.24, 2.45) is 0 Å². The van der Waals surface area contributed by atoms with Crippen molar-refractivity contribution in [3.05, 3.63) is 54.6 Å². The van der Waals surface area contributed by atoms with Gasteiger partial charge in [0.05, 0.1) is 4.90 Å². The van der Waals surface area contributed by atoms with Crippen molar-refractivity contribution >= 4 is 26.6 Å². The topological polar surface area (TPSA) is 101 Å². The van der Waals surface area contributed by atoms with Gasteiger partial charge >= 0.3 is 0 Å². The number of phenolic OH excluding ortho intramolecular Hbond substituents is 1. The molecule has 0 saturated heterocycles. The van der Waals surface area contributed by atoms with Gasteiger partial charge in [-0.25, -0.2) is 0 Å². The quantitative estimate of drug-likeness (QED) is 0.498. The second kappa shape index (κ2) is 5.01. The highest BCUT2D eigenvalue weighted by Gasteiger charge is 2.13. The lowest BCUT2D eigenvalue weighted by atomic mass is 10.00. The lowest BCUT2D eigenvalue weighted by Gasteiger charge is -2.09. The van der Waals surface area contributed by atoms with E-state index >= 15 is 0 Å². The number of anilines is 1. The number of hydrogen-bond donors (Lipinski definition) is 3. The van der Waals surface area contributed by atoms with E-state index in [2.05, 4.69) is 0 Å². The third kappa shape index (κ3) is 2.49. The third-order valence-corrected chi connectivity index (χ3v) is 4.30. The molecule has 3 rings (SSSR count). The summed E-state index contributed by atoms with van der Waals surface area (Å²) >= 11 is 0. The Hall–Kier alpha value is -2.57. The van der Waals surface area contributed by atoms with Crippen molar-refractivity contribution in [1.29, 1.82) is 0 Å². The molecular formula is C16H13NO4S. The highest BCUT2D eigenvalue weighted by Crippen LogP contribution is 2.33. The van der Waals surface area contributed by atoms with E-state index in [9.17, 15) is 13.5 Å². The van der Waals surface area contributed by atoms with Crippen molar-refractivity contribution < 1.29 is 18.1 Å². The third-order valence-electron chi connectivity index (χ3n) is 3.47. The van der Waals surface area contributed by atoms with Crippen LogP contribution >= 0.6 is 0 Å². The fraction of sp³-hybridized carbons (Fsp3) is 0. The van der Waals surface area contributed by atoms with Crippen LogP contribution in [0.2, 0.25) is 0 Å². The largest absolute Gasteiger partial charge is 0.507 e. The summed E-state index contributed by atoms with van der Waals surface area (Å²) < 4.78 is 31.6. The molecule has 0 bridgehead atoms. The van der Waals surface area contributed by atoms with Crippen LogP contribution in [0, 0.1) is 0 Å². The van der Waals surface area contributed by atoms with E-state index in [1.54, 1.807) is 36.4 Å². The molecule has 0 atom stereocenters. The molecule has 112 valence electrons. The van der Waals surface area contributed by atoms with Gasteiger partial charge in [0.1, 0.15) is 5.75 Å². The normalized spacial score (nSPS) is 11.7. The maximum absolute atomic E-state index is 11.2. The van der Waals surface area contributed by atoms with E-state index in [1.165, 1.54) is 12.1 Å². The van der Waals surface area contributed by atoms with E-state index in [-0.39, 0.29) is 16.3 Å². The molecule has 0 aliphatic carbocycles. The number of hydrogen-bond acceptors (Lipinski definition) is 4. The van der Waals surface area contributed by atoms with Gasteiger partial charge in [-0.05, 0) is 35.2 Å². The number of fused-ring (bicyclic) bond motifs is 1. The summed E-state index contributed by atoms with van der Waals surface area (Å²) in [5.41, 5.74) is 7.56. The Morgan fingerprint density at radius 2 is 1.68 bits per heavy atom. The van der Waals surface area contributed by atoms with E-state index in [4.69, 9.17) is 10.3 Å². The van der Waals surface area contributed by atoms with Crippen LogP contribution in [0.3, 0.4) is 0 Å². The average Bonchev–Trinajstić information content (AvgIpc) is 2.46. The molecule has 0 saturated carbocycles. The van der Waals surface area contributed by atoms with Crippen molar-refractivity contribution in [2.45, 2.75) is 4.90 Å². The number of benzene rings is 3. The molecule has 0 radical (unpaired) electrons. The number of aromatic hydroxyl groups is 1. The molecule has 22 heavy (non-hydrogen) atoms. The number of nitrogens with two attached hydrogens (primary N) is 1. The summed E-state index contributed by atoms with van der Waals surface area (Å²) in [6, 6.07) is 14.7. The highest BCUT2D eigenvalue weighted by molar-refractivity contribution is 7.85. The second-order valence-corrected chi connectivity index (χ2v) is 6.36. The first-order valence-corrected chi connectivity index (χ1v) is 7.89.